The van der Waals surface area contributed by atoms with Gasteiger partial charge in [0.05, 0.1) is 0 Å². The molecule has 2 rings (SSSR count). The first-order valence-corrected chi connectivity index (χ1v) is 9.90. The molecule has 0 aromatic heterocycles. The number of nitrogens with two attached hydrogens (primary N) is 1. The van der Waals surface area contributed by atoms with E-state index in [0.717, 1.165) is 25.2 Å². The molecule has 0 amide bonds. The zero-order chi connectivity index (χ0) is 15.3. The lowest BCUT2D eigenvalue weighted by molar-refractivity contribution is 0.261. The average Bonchev–Trinajstić information content (AvgIpc) is 2.47. The van der Waals surface area contributed by atoms with Crippen LogP contribution in [0.25, 0.3) is 0 Å². The van der Waals surface area contributed by atoms with Crippen molar-refractivity contribution in [3.8, 4) is 0 Å². The van der Waals surface area contributed by atoms with Gasteiger partial charge >= 0.3 is 0 Å². The Bertz CT molecular complexity index is 413. The molecule has 1 aliphatic heterocycles. The molecule has 6 heteroatoms. The second-order valence-corrected chi connectivity index (χ2v) is 8.68. The molecule has 0 aromatic rings. The third-order valence-electron chi connectivity index (χ3n) is 5.04. The molecule has 0 spiro atoms. The molecular formula is C15H31N3O2S. The summed E-state index contributed by atoms with van der Waals surface area (Å²) < 4.78 is 29.0. The van der Waals surface area contributed by atoms with Gasteiger partial charge in [0, 0.05) is 19.6 Å². The second-order valence-electron chi connectivity index (χ2n) is 6.93. The molecule has 0 aromatic carbocycles. The number of hydrogen-bond donors (Lipinski definition) is 2. The van der Waals surface area contributed by atoms with Crippen molar-refractivity contribution < 1.29 is 8.42 Å². The fourth-order valence-electron chi connectivity index (χ4n) is 3.74. The predicted octanol–water partition coefficient (Wildman–Crippen LogP) is 1.71. The molecule has 0 bridgehead atoms. The smallest absolute Gasteiger partial charge is 0.279 e. The Morgan fingerprint density at radius 1 is 1.19 bits per heavy atom. The van der Waals surface area contributed by atoms with Crippen molar-refractivity contribution in [1.82, 2.24) is 9.03 Å². The number of nitrogens with zero attached hydrogens (tertiary/aromatic N) is 1. The van der Waals surface area contributed by atoms with Crippen molar-refractivity contribution in [2.45, 2.75) is 51.9 Å². The van der Waals surface area contributed by atoms with Gasteiger partial charge in [-0.15, -0.1) is 0 Å². The highest BCUT2D eigenvalue weighted by molar-refractivity contribution is 7.87. The molecule has 124 valence electrons. The highest BCUT2D eigenvalue weighted by Gasteiger charge is 2.28. The number of hydrogen-bond acceptors (Lipinski definition) is 3. The lowest BCUT2D eigenvalue weighted by Gasteiger charge is -2.31. The monoisotopic (exact) mass is 317 g/mol. The summed E-state index contributed by atoms with van der Waals surface area (Å²) in [5, 5.41) is 0. The molecular weight excluding hydrogens is 286 g/mol. The standard InChI is InChI=1S/C15H31N3O2S/c1-13-4-2-5-14(10-13)7-8-17-21(19,20)18-9-3-6-15(11-16)12-18/h13-15,17H,2-12,16H2,1H3. The van der Waals surface area contributed by atoms with Crippen molar-refractivity contribution in [1.29, 1.82) is 0 Å². The van der Waals surface area contributed by atoms with E-state index in [4.69, 9.17) is 5.73 Å². The summed E-state index contributed by atoms with van der Waals surface area (Å²) in [5.74, 6) is 1.80. The fourth-order valence-corrected chi connectivity index (χ4v) is 5.08. The lowest BCUT2D eigenvalue weighted by Crippen LogP contribution is -2.47. The normalized spacial score (nSPS) is 32.2. The van der Waals surface area contributed by atoms with E-state index < -0.39 is 10.2 Å². The van der Waals surface area contributed by atoms with Crippen LogP contribution in [0.15, 0.2) is 0 Å². The van der Waals surface area contributed by atoms with Gasteiger partial charge in [-0.2, -0.15) is 12.7 Å². The maximum absolute atomic E-state index is 12.3. The van der Waals surface area contributed by atoms with Crippen LogP contribution in [0.3, 0.4) is 0 Å². The minimum absolute atomic E-state index is 0.314. The summed E-state index contributed by atoms with van der Waals surface area (Å²) in [6.07, 6.45) is 8.06. The predicted molar refractivity (Wildman–Crippen MR) is 86.0 cm³/mol. The summed E-state index contributed by atoms with van der Waals surface area (Å²) in [6.45, 7) is 4.66. The van der Waals surface area contributed by atoms with Gasteiger partial charge in [-0.3, -0.25) is 0 Å². The van der Waals surface area contributed by atoms with E-state index in [1.165, 1.54) is 25.7 Å². The van der Waals surface area contributed by atoms with Crippen LogP contribution in [0.5, 0.6) is 0 Å². The summed E-state index contributed by atoms with van der Waals surface area (Å²) in [6, 6.07) is 0. The van der Waals surface area contributed by atoms with E-state index in [-0.39, 0.29) is 0 Å². The molecule has 2 aliphatic rings. The third kappa shape index (κ3) is 5.20. The molecule has 5 nitrogen and oxygen atoms in total. The second kappa shape index (κ2) is 7.90. The van der Waals surface area contributed by atoms with Crippen LogP contribution in [0.4, 0.5) is 0 Å². The van der Waals surface area contributed by atoms with Crippen molar-refractivity contribution in [3.63, 3.8) is 0 Å². The van der Waals surface area contributed by atoms with Crippen LogP contribution in [-0.4, -0.2) is 38.9 Å². The number of piperidine rings is 1. The van der Waals surface area contributed by atoms with E-state index in [9.17, 15) is 8.42 Å². The van der Waals surface area contributed by atoms with Crippen molar-refractivity contribution in [2.75, 3.05) is 26.2 Å². The Hall–Kier alpha value is -0.170. The molecule has 2 fully saturated rings. The fraction of sp³-hybridized carbons (Fsp3) is 1.00. The van der Waals surface area contributed by atoms with Gasteiger partial charge in [-0.05, 0) is 50.0 Å². The maximum Gasteiger partial charge on any atom is 0.279 e. The first-order chi connectivity index (χ1) is 10.0. The van der Waals surface area contributed by atoms with Crippen molar-refractivity contribution >= 4 is 10.2 Å². The molecule has 1 aliphatic carbocycles. The first kappa shape index (κ1) is 17.2. The minimum Gasteiger partial charge on any atom is -0.330 e. The topological polar surface area (TPSA) is 75.4 Å². The highest BCUT2D eigenvalue weighted by Crippen LogP contribution is 2.30. The Balaban J connectivity index is 1.75. The van der Waals surface area contributed by atoms with Gasteiger partial charge in [0.2, 0.25) is 0 Å². The molecule has 1 saturated carbocycles. The van der Waals surface area contributed by atoms with E-state index in [0.29, 0.717) is 38.0 Å². The van der Waals surface area contributed by atoms with Crippen LogP contribution in [0.1, 0.15) is 51.9 Å². The molecule has 21 heavy (non-hydrogen) atoms. The van der Waals surface area contributed by atoms with E-state index in [1.807, 2.05) is 0 Å². The zero-order valence-electron chi connectivity index (χ0n) is 13.3. The largest absolute Gasteiger partial charge is 0.330 e. The van der Waals surface area contributed by atoms with Crippen LogP contribution in [0, 0.1) is 17.8 Å². The molecule has 0 radical (unpaired) electrons. The van der Waals surface area contributed by atoms with Gasteiger partial charge in [-0.25, -0.2) is 4.72 Å². The Kier molecular flexibility index (Phi) is 6.47. The lowest BCUT2D eigenvalue weighted by atomic mass is 9.81. The summed E-state index contributed by atoms with van der Waals surface area (Å²) >= 11 is 0. The Morgan fingerprint density at radius 3 is 2.67 bits per heavy atom. The average molecular weight is 317 g/mol. The van der Waals surface area contributed by atoms with Gasteiger partial charge in [0.15, 0.2) is 0 Å². The molecule has 3 atom stereocenters. The number of rotatable bonds is 6. The van der Waals surface area contributed by atoms with Crippen LogP contribution in [-0.2, 0) is 10.2 Å². The number of nitrogens with one attached hydrogen (secondary N) is 1. The molecule has 1 heterocycles. The SMILES string of the molecule is CC1CCCC(CCNS(=O)(=O)N2CCCC(CN)C2)C1. The van der Waals surface area contributed by atoms with Gasteiger partial charge in [0.25, 0.3) is 10.2 Å². The van der Waals surface area contributed by atoms with E-state index in [2.05, 4.69) is 11.6 Å². The molecule has 3 N–H and O–H groups in total. The van der Waals surface area contributed by atoms with Crippen molar-refractivity contribution in [3.05, 3.63) is 0 Å². The maximum atomic E-state index is 12.3. The quantitative estimate of drug-likeness (QED) is 0.783. The van der Waals surface area contributed by atoms with E-state index >= 15 is 0 Å². The van der Waals surface area contributed by atoms with Gasteiger partial charge < -0.3 is 5.73 Å². The van der Waals surface area contributed by atoms with E-state index in [1.54, 1.807) is 4.31 Å². The summed E-state index contributed by atoms with van der Waals surface area (Å²) in [7, 11) is -3.31. The Labute approximate surface area is 129 Å². The van der Waals surface area contributed by atoms with Crippen molar-refractivity contribution in [2.24, 2.45) is 23.5 Å². The summed E-state index contributed by atoms with van der Waals surface area (Å²) in [4.78, 5) is 0. The third-order valence-corrected chi connectivity index (χ3v) is 6.62. The minimum atomic E-state index is -3.31. The highest BCUT2D eigenvalue weighted by atomic mass is 32.2. The zero-order valence-corrected chi connectivity index (χ0v) is 14.1. The summed E-state index contributed by atoms with van der Waals surface area (Å²) in [5.41, 5.74) is 5.68. The molecule has 3 unspecified atom stereocenters. The van der Waals surface area contributed by atoms with Crippen LogP contribution < -0.4 is 10.5 Å². The van der Waals surface area contributed by atoms with Crippen LogP contribution >= 0.6 is 0 Å². The van der Waals surface area contributed by atoms with Gasteiger partial charge in [-0.1, -0.05) is 26.2 Å². The Morgan fingerprint density at radius 2 is 1.95 bits per heavy atom. The van der Waals surface area contributed by atoms with Crippen LogP contribution in [0.2, 0.25) is 0 Å². The first-order valence-electron chi connectivity index (χ1n) is 8.46. The van der Waals surface area contributed by atoms with Gasteiger partial charge in [0.1, 0.15) is 0 Å². The molecule has 1 saturated heterocycles.